The molecule has 84 valence electrons. The van der Waals surface area contributed by atoms with Crippen LogP contribution in [0.15, 0.2) is 12.4 Å². The molecule has 2 aromatic rings. The lowest BCUT2D eigenvalue weighted by Crippen LogP contribution is -2.26. The highest BCUT2D eigenvalue weighted by Crippen LogP contribution is 2.13. The normalized spacial score (nSPS) is 10.3. The van der Waals surface area contributed by atoms with Crippen LogP contribution in [0.3, 0.4) is 0 Å². The number of nitrogens with two attached hydrogens (primary N) is 1. The Morgan fingerprint density at radius 2 is 2.44 bits per heavy atom. The van der Waals surface area contributed by atoms with E-state index in [4.69, 9.17) is 5.73 Å². The number of aromatic nitrogens is 4. The first kappa shape index (κ1) is 10.6. The first-order valence-corrected chi connectivity index (χ1v) is 5.31. The number of hydrogen-bond acceptors (Lipinski definition) is 6. The van der Waals surface area contributed by atoms with E-state index in [1.165, 1.54) is 4.90 Å². The molecular weight excluding hydrogens is 228 g/mol. The van der Waals surface area contributed by atoms with Crippen molar-refractivity contribution in [2.75, 3.05) is 12.8 Å². The van der Waals surface area contributed by atoms with E-state index >= 15 is 0 Å². The molecule has 2 rings (SSSR count). The number of H-pyrrole nitrogens is 1. The van der Waals surface area contributed by atoms with Crippen LogP contribution in [0.2, 0.25) is 0 Å². The van der Waals surface area contributed by atoms with Gasteiger partial charge in [-0.1, -0.05) is 11.3 Å². The van der Waals surface area contributed by atoms with Crippen LogP contribution < -0.4 is 5.73 Å². The third-order valence-corrected chi connectivity index (χ3v) is 2.65. The maximum absolute atomic E-state index is 11.8. The van der Waals surface area contributed by atoms with E-state index in [1.807, 2.05) is 0 Å². The van der Waals surface area contributed by atoms with Crippen molar-refractivity contribution in [2.24, 2.45) is 0 Å². The van der Waals surface area contributed by atoms with Crippen molar-refractivity contribution in [3.63, 3.8) is 0 Å². The van der Waals surface area contributed by atoms with E-state index in [0.717, 1.165) is 11.3 Å². The Kier molecular flexibility index (Phi) is 2.82. The van der Waals surface area contributed by atoms with Crippen LogP contribution >= 0.6 is 11.3 Å². The highest BCUT2D eigenvalue weighted by molar-refractivity contribution is 7.16. The molecule has 0 spiro atoms. The van der Waals surface area contributed by atoms with Gasteiger partial charge in [-0.25, -0.2) is 4.98 Å². The zero-order chi connectivity index (χ0) is 11.5. The summed E-state index contributed by atoms with van der Waals surface area (Å²) in [5.41, 5.74) is 5.41. The monoisotopic (exact) mass is 238 g/mol. The van der Waals surface area contributed by atoms with Crippen molar-refractivity contribution in [3.05, 3.63) is 23.2 Å². The molecule has 7 nitrogen and oxygen atoms in total. The van der Waals surface area contributed by atoms with Crippen LogP contribution in [-0.2, 0) is 6.54 Å². The lowest BCUT2D eigenvalue weighted by atomic mass is 10.5. The minimum atomic E-state index is -0.217. The summed E-state index contributed by atoms with van der Waals surface area (Å²) in [6, 6.07) is 0. The predicted octanol–water partition coefficient (Wildman–Crippen LogP) is 0.116. The number of rotatable bonds is 3. The molecule has 0 aliphatic rings. The lowest BCUT2D eigenvalue weighted by molar-refractivity contribution is 0.0780. The van der Waals surface area contributed by atoms with E-state index in [-0.39, 0.29) is 16.0 Å². The van der Waals surface area contributed by atoms with Crippen LogP contribution in [0, 0.1) is 0 Å². The molecule has 0 atom stereocenters. The van der Waals surface area contributed by atoms with Gasteiger partial charge in [0.1, 0.15) is 5.82 Å². The Morgan fingerprint density at radius 3 is 3.00 bits per heavy atom. The smallest absolute Gasteiger partial charge is 0.285 e. The van der Waals surface area contributed by atoms with Gasteiger partial charge in [0, 0.05) is 19.4 Å². The average Bonchev–Trinajstić information content (AvgIpc) is 2.88. The summed E-state index contributed by atoms with van der Waals surface area (Å²) in [6.45, 7) is 0.394. The first-order chi connectivity index (χ1) is 7.66. The fourth-order valence-electron chi connectivity index (χ4n) is 1.17. The minimum absolute atomic E-state index is 0.217. The number of carbonyl (C=O) groups excluding carboxylic acids is 1. The van der Waals surface area contributed by atoms with Crippen molar-refractivity contribution in [1.82, 2.24) is 25.1 Å². The molecule has 0 saturated carbocycles. The number of nitrogens with zero attached hydrogens (tertiary/aromatic N) is 4. The highest BCUT2D eigenvalue weighted by Gasteiger charge is 2.17. The molecule has 8 heteroatoms. The molecule has 1 amide bonds. The van der Waals surface area contributed by atoms with Gasteiger partial charge >= 0.3 is 0 Å². The number of nitrogen functional groups attached to an aromatic ring is 1. The molecule has 0 saturated heterocycles. The molecule has 2 aromatic heterocycles. The predicted molar refractivity (Wildman–Crippen MR) is 58.7 cm³/mol. The Hall–Kier alpha value is -1.96. The van der Waals surface area contributed by atoms with Gasteiger partial charge in [0.15, 0.2) is 0 Å². The van der Waals surface area contributed by atoms with Gasteiger partial charge in [-0.2, -0.15) is 0 Å². The topological polar surface area (TPSA) is 101 Å². The van der Waals surface area contributed by atoms with Gasteiger partial charge in [0.2, 0.25) is 10.1 Å². The van der Waals surface area contributed by atoms with Gasteiger partial charge in [-0.15, -0.1) is 10.2 Å². The zero-order valence-electron chi connectivity index (χ0n) is 8.54. The van der Waals surface area contributed by atoms with E-state index in [1.54, 1.807) is 19.4 Å². The van der Waals surface area contributed by atoms with Crippen molar-refractivity contribution in [1.29, 1.82) is 0 Å². The second kappa shape index (κ2) is 4.27. The van der Waals surface area contributed by atoms with Gasteiger partial charge in [-0.3, -0.25) is 4.79 Å². The van der Waals surface area contributed by atoms with Crippen molar-refractivity contribution in [3.8, 4) is 0 Å². The van der Waals surface area contributed by atoms with E-state index in [9.17, 15) is 4.79 Å². The van der Waals surface area contributed by atoms with E-state index in [0.29, 0.717) is 12.4 Å². The van der Waals surface area contributed by atoms with Crippen LogP contribution in [0.25, 0.3) is 0 Å². The number of anilines is 1. The van der Waals surface area contributed by atoms with Crippen LogP contribution in [0.1, 0.15) is 15.6 Å². The third kappa shape index (κ3) is 2.16. The largest absolute Gasteiger partial charge is 0.374 e. The standard InChI is InChI=1S/C8H10N6OS/c1-14(4-5-10-2-3-11-5)7(15)6-12-13-8(9)16-6/h2-3H,4H2,1H3,(H2,9,13)(H,10,11). The van der Waals surface area contributed by atoms with Crippen LogP contribution in [0.4, 0.5) is 5.13 Å². The third-order valence-electron chi connectivity index (χ3n) is 1.91. The molecule has 0 aliphatic heterocycles. The number of imidazole rings is 1. The molecule has 0 aliphatic carbocycles. The Morgan fingerprint density at radius 1 is 1.62 bits per heavy atom. The molecule has 0 fully saturated rings. The summed E-state index contributed by atoms with van der Waals surface area (Å²) < 4.78 is 0. The van der Waals surface area contributed by atoms with E-state index in [2.05, 4.69) is 20.2 Å². The summed E-state index contributed by atoms with van der Waals surface area (Å²) in [5.74, 6) is 0.499. The maximum Gasteiger partial charge on any atom is 0.285 e. The number of amides is 1. The lowest BCUT2D eigenvalue weighted by Gasteiger charge is -2.13. The maximum atomic E-state index is 11.8. The molecule has 0 aromatic carbocycles. The molecule has 0 unspecified atom stereocenters. The van der Waals surface area contributed by atoms with Gasteiger partial charge in [0.25, 0.3) is 5.91 Å². The van der Waals surface area contributed by atoms with Crippen molar-refractivity contribution >= 4 is 22.4 Å². The quantitative estimate of drug-likeness (QED) is 0.790. The molecule has 0 radical (unpaired) electrons. The first-order valence-electron chi connectivity index (χ1n) is 4.49. The summed E-state index contributed by atoms with van der Waals surface area (Å²) in [5, 5.41) is 7.85. The zero-order valence-corrected chi connectivity index (χ0v) is 9.36. The number of carbonyl (C=O) groups is 1. The fraction of sp³-hybridized carbons (Fsp3) is 0.250. The fourth-order valence-corrected chi connectivity index (χ4v) is 1.77. The Balaban J connectivity index is 2.05. The number of nitrogens with one attached hydrogen (secondary N) is 1. The second-order valence-corrected chi connectivity index (χ2v) is 4.15. The SMILES string of the molecule is CN(Cc1ncc[nH]1)C(=O)c1nnc(N)s1. The highest BCUT2D eigenvalue weighted by atomic mass is 32.1. The molecule has 2 heterocycles. The van der Waals surface area contributed by atoms with Crippen molar-refractivity contribution < 1.29 is 4.79 Å². The Bertz CT molecular complexity index is 478. The average molecular weight is 238 g/mol. The van der Waals surface area contributed by atoms with E-state index < -0.39 is 0 Å². The molecule has 16 heavy (non-hydrogen) atoms. The summed E-state index contributed by atoms with van der Waals surface area (Å²) >= 11 is 1.07. The summed E-state index contributed by atoms with van der Waals surface area (Å²) in [6.07, 6.45) is 3.34. The van der Waals surface area contributed by atoms with Gasteiger partial charge < -0.3 is 15.6 Å². The minimum Gasteiger partial charge on any atom is -0.374 e. The van der Waals surface area contributed by atoms with Gasteiger partial charge in [-0.05, 0) is 0 Å². The summed E-state index contributed by atoms with van der Waals surface area (Å²) in [7, 11) is 1.67. The number of hydrogen-bond donors (Lipinski definition) is 2. The molecule has 3 N–H and O–H groups in total. The Labute approximate surface area is 95.3 Å². The van der Waals surface area contributed by atoms with Crippen LogP contribution in [0.5, 0.6) is 0 Å². The molecule has 0 bridgehead atoms. The molecular formula is C8H10N6OS. The summed E-state index contributed by atoms with van der Waals surface area (Å²) in [4.78, 5) is 20.3. The van der Waals surface area contributed by atoms with Crippen LogP contribution in [-0.4, -0.2) is 38.0 Å². The second-order valence-electron chi connectivity index (χ2n) is 3.14. The van der Waals surface area contributed by atoms with Crippen molar-refractivity contribution in [2.45, 2.75) is 6.54 Å². The number of aromatic amines is 1. The van der Waals surface area contributed by atoms with Gasteiger partial charge in [0.05, 0.1) is 6.54 Å².